The van der Waals surface area contributed by atoms with E-state index in [-0.39, 0.29) is 14.8 Å². The Balaban J connectivity index is 2.15. The molecular formula is C15H14ClFN2O4S2. The number of fused-ring (bicyclic) bond motifs is 1. The maximum atomic E-state index is 13.5. The van der Waals surface area contributed by atoms with E-state index in [4.69, 9.17) is 16.7 Å². The van der Waals surface area contributed by atoms with E-state index in [1.807, 2.05) is 0 Å². The summed E-state index contributed by atoms with van der Waals surface area (Å²) in [4.78, 5) is -0.439. The molecule has 0 fully saturated rings. The number of anilines is 1. The maximum Gasteiger partial charge on any atom is 0.266 e. The molecule has 1 unspecified atom stereocenters. The average molecular weight is 405 g/mol. The lowest BCUT2D eigenvalue weighted by Crippen LogP contribution is -2.35. The van der Waals surface area contributed by atoms with Crippen molar-refractivity contribution in [2.24, 2.45) is 5.14 Å². The Hall–Kier alpha value is -1.68. The maximum absolute atomic E-state index is 13.5. The van der Waals surface area contributed by atoms with Crippen molar-refractivity contribution in [3.8, 4) is 0 Å². The molecule has 0 bridgehead atoms. The van der Waals surface area contributed by atoms with Crippen LogP contribution in [0.2, 0.25) is 5.02 Å². The van der Waals surface area contributed by atoms with Crippen molar-refractivity contribution < 1.29 is 21.2 Å². The monoisotopic (exact) mass is 404 g/mol. The highest BCUT2D eigenvalue weighted by Gasteiger charge is 2.37. The largest absolute Gasteiger partial charge is 0.266 e. The number of primary sulfonamides is 1. The molecule has 2 aromatic carbocycles. The third kappa shape index (κ3) is 3.12. The Morgan fingerprint density at radius 1 is 1.16 bits per heavy atom. The molecule has 25 heavy (non-hydrogen) atoms. The van der Waals surface area contributed by atoms with Gasteiger partial charge in [0, 0.05) is 6.04 Å². The second-order valence-electron chi connectivity index (χ2n) is 5.76. The Morgan fingerprint density at radius 3 is 2.48 bits per heavy atom. The lowest BCUT2D eigenvalue weighted by Gasteiger charge is -2.25. The van der Waals surface area contributed by atoms with Crippen molar-refractivity contribution in [2.75, 3.05) is 4.31 Å². The molecule has 0 saturated heterocycles. The predicted molar refractivity (Wildman–Crippen MR) is 92.1 cm³/mol. The lowest BCUT2D eigenvalue weighted by molar-refractivity contribution is 0.580. The molecule has 0 aromatic heterocycles. The zero-order valence-corrected chi connectivity index (χ0v) is 15.4. The first kappa shape index (κ1) is 18.1. The molecule has 0 radical (unpaired) electrons. The van der Waals surface area contributed by atoms with Crippen LogP contribution in [0.4, 0.5) is 10.1 Å². The Bertz CT molecular complexity index is 1070. The van der Waals surface area contributed by atoms with E-state index in [0.717, 1.165) is 16.4 Å². The molecule has 3 rings (SSSR count). The second kappa shape index (κ2) is 5.94. The molecule has 0 spiro atoms. The van der Waals surface area contributed by atoms with Gasteiger partial charge in [0.2, 0.25) is 10.0 Å². The fourth-order valence-corrected chi connectivity index (χ4v) is 5.65. The van der Waals surface area contributed by atoms with Gasteiger partial charge in [-0.3, -0.25) is 4.31 Å². The van der Waals surface area contributed by atoms with Crippen molar-refractivity contribution in [1.82, 2.24) is 0 Å². The van der Waals surface area contributed by atoms with Gasteiger partial charge in [0.25, 0.3) is 10.0 Å². The molecule has 2 aromatic rings. The summed E-state index contributed by atoms with van der Waals surface area (Å²) < 4.78 is 63.6. The average Bonchev–Trinajstić information content (AvgIpc) is 2.84. The first-order chi connectivity index (χ1) is 11.5. The Labute approximate surface area is 150 Å². The summed E-state index contributed by atoms with van der Waals surface area (Å²) in [7, 11) is -8.02. The number of nitrogens with zero attached hydrogens (tertiary/aromatic N) is 1. The van der Waals surface area contributed by atoms with Crippen LogP contribution in [0.3, 0.4) is 0 Å². The van der Waals surface area contributed by atoms with Crippen LogP contribution in [0.15, 0.2) is 46.2 Å². The number of halogens is 2. The molecule has 10 heteroatoms. The topological polar surface area (TPSA) is 97.5 Å². The highest BCUT2D eigenvalue weighted by molar-refractivity contribution is 7.93. The SMILES string of the molecule is CC1Cc2cc(S(N)(=O)=O)ccc2N1S(=O)(=O)c1cc(F)ccc1Cl. The molecule has 0 amide bonds. The van der Waals surface area contributed by atoms with E-state index < -0.39 is 31.9 Å². The van der Waals surface area contributed by atoms with Crippen LogP contribution >= 0.6 is 11.6 Å². The fourth-order valence-electron chi connectivity index (χ4n) is 2.90. The number of hydrogen-bond donors (Lipinski definition) is 1. The van der Waals surface area contributed by atoms with Crippen molar-refractivity contribution in [3.63, 3.8) is 0 Å². The summed E-state index contributed by atoms with van der Waals surface area (Å²) in [5, 5.41) is 5.02. The third-order valence-electron chi connectivity index (χ3n) is 3.96. The number of hydrogen-bond acceptors (Lipinski definition) is 4. The Kier molecular flexibility index (Phi) is 4.31. The summed E-state index contributed by atoms with van der Waals surface area (Å²) in [5.41, 5.74) is 0.843. The van der Waals surface area contributed by atoms with E-state index in [1.165, 1.54) is 24.3 Å². The highest BCUT2D eigenvalue weighted by Crippen LogP contribution is 2.39. The standard InChI is InChI=1S/C15H14ClFN2O4S2/c1-9-6-10-7-12(24(18,20)21)3-5-14(10)19(9)25(22,23)15-8-11(17)2-4-13(15)16/h2-5,7-9H,6H2,1H3,(H2,18,20,21). The van der Waals surface area contributed by atoms with Crippen molar-refractivity contribution in [2.45, 2.75) is 29.2 Å². The molecule has 0 saturated carbocycles. The molecule has 1 aliphatic rings. The minimum atomic E-state index is -4.12. The van der Waals surface area contributed by atoms with Crippen LogP contribution in [0.5, 0.6) is 0 Å². The summed E-state index contributed by atoms with van der Waals surface area (Å²) in [6.45, 7) is 1.67. The number of sulfonamides is 2. The van der Waals surface area contributed by atoms with Crippen molar-refractivity contribution >= 4 is 37.3 Å². The van der Waals surface area contributed by atoms with Crippen LogP contribution in [0.1, 0.15) is 12.5 Å². The van der Waals surface area contributed by atoms with Crippen LogP contribution in [0, 0.1) is 5.82 Å². The number of rotatable bonds is 3. The molecule has 134 valence electrons. The number of benzene rings is 2. The summed E-state index contributed by atoms with van der Waals surface area (Å²) in [6, 6.07) is 6.59. The first-order valence-electron chi connectivity index (χ1n) is 7.17. The molecule has 1 aliphatic heterocycles. The van der Waals surface area contributed by atoms with E-state index in [1.54, 1.807) is 6.92 Å². The van der Waals surface area contributed by atoms with Gasteiger partial charge in [-0.05, 0) is 55.3 Å². The van der Waals surface area contributed by atoms with E-state index in [0.29, 0.717) is 17.7 Å². The van der Waals surface area contributed by atoms with Gasteiger partial charge in [0.15, 0.2) is 0 Å². The van der Waals surface area contributed by atoms with E-state index >= 15 is 0 Å². The highest BCUT2D eigenvalue weighted by atomic mass is 35.5. The van der Waals surface area contributed by atoms with Crippen molar-refractivity contribution in [1.29, 1.82) is 0 Å². The zero-order valence-electron chi connectivity index (χ0n) is 13.0. The molecule has 1 atom stereocenters. The van der Waals surface area contributed by atoms with Gasteiger partial charge in [-0.15, -0.1) is 0 Å². The smallest absolute Gasteiger partial charge is 0.263 e. The Morgan fingerprint density at radius 2 is 1.84 bits per heavy atom. The van der Waals surface area contributed by atoms with Crippen LogP contribution in [-0.2, 0) is 26.5 Å². The normalized spacial score (nSPS) is 17.6. The fraction of sp³-hybridized carbons (Fsp3) is 0.200. The summed E-state index contributed by atoms with van der Waals surface area (Å²) >= 11 is 5.95. The zero-order chi connectivity index (χ0) is 18.6. The molecular weight excluding hydrogens is 391 g/mol. The first-order valence-corrected chi connectivity index (χ1v) is 10.5. The quantitative estimate of drug-likeness (QED) is 0.848. The third-order valence-corrected chi connectivity index (χ3v) is 7.28. The van der Waals surface area contributed by atoms with Crippen LogP contribution in [-0.4, -0.2) is 22.9 Å². The van der Waals surface area contributed by atoms with Crippen molar-refractivity contribution in [3.05, 3.63) is 52.8 Å². The lowest BCUT2D eigenvalue weighted by atomic mass is 10.1. The van der Waals surface area contributed by atoms with Gasteiger partial charge < -0.3 is 0 Å². The van der Waals surface area contributed by atoms with Gasteiger partial charge in [-0.25, -0.2) is 26.4 Å². The molecule has 1 heterocycles. The van der Waals surface area contributed by atoms with Gasteiger partial charge in [0.1, 0.15) is 10.7 Å². The van der Waals surface area contributed by atoms with Gasteiger partial charge in [-0.2, -0.15) is 0 Å². The predicted octanol–water partition coefficient (Wildman–Crippen LogP) is 2.27. The second-order valence-corrected chi connectivity index (χ2v) is 9.52. The minimum absolute atomic E-state index is 0.0943. The number of nitrogens with two attached hydrogens (primary N) is 1. The van der Waals surface area contributed by atoms with Crippen LogP contribution in [0.25, 0.3) is 0 Å². The summed E-state index contributed by atoms with van der Waals surface area (Å²) in [6.07, 6.45) is 0.296. The molecule has 6 nitrogen and oxygen atoms in total. The van der Waals surface area contributed by atoms with E-state index in [9.17, 15) is 21.2 Å². The molecule has 0 aliphatic carbocycles. The minimum Gasteiger partial charge on any atom is -0.263 e. The van der Waals surface area contributed by atoms with Gasteiger partial charge in [-0.1, -0.05) is 11.6 Å². The van der Waals surface area contributed by atoms with Gasteiger partial charge in [0.05, 0.1) is 15.6 Å². The van der Waals surface area contributed by atoms with Crippen LogP contribution < -0.4 is 9.44 Å². The van der Waals surface area contributed by atoms with E-state index in [2.05, 4.69) is 0 Å². The van der Waals surface area contributed by atoms with Gasteiger partial charge >= 0.3 is 0 Å². The molecule has 2 N–H and O–H groups in total. The summed E-state index contributed by atoms with van der Waals surface area (Å²) in [5.74, 6) is -0.723.